The lowest BCUT2D eigenvalue weighted by atomic mass is 10.0. The maximum Gasteiger partial charge on any atom is 0.404 e. The SMILES string of the molecule is CC(C)C[C@@H](Cn1cncn1)NC(=O)O. The zero-order valence-corrected chi connectivity index (χ0v) is 8.92. The van der Waals surface area contributed by atoms with Crippen LogP contribution in [-0.2, 0) is 6.54 Å². The van der Waals surface area contributed by atoms with E-state index in [1.807, 2.05) is 0 Å². The summed E-state index contributed by atoms with van der Waals surface area (Å²) < 4.78 is 1.63. The quantitative estimate of drug-likeness (QED) is 0.761. The number of carboxylic acid groups (broad SMARTS) is 1. The maximum atomic E-state index is 10.6. The fourth-order valence-electron chi connectivity index (χ4n) is 1.48. The van der Waals surface area contributed by atoms with E-state index in [1.165, 1.54) is 6.33 Å². The summed E-state index contributed by atoms with van der Waals surface area (Å²) >= 11 is 0. The second-order valence-corrected chi connectivity index (χ2v) is 3.89. The minimum atomic E-state index is -0.999. The van der Waals surface area contributed by atoms with Gasteiger partial charge in [0.25, 0.3) is 0 Å². The van der Waals surface area contributed by atoms with E-state index in [0.29, 0.717) is 12.5 Å². The monoisotopic (exact) mass is 212 g/mol. The van der Waals surface area contributed by atoms with Gasteiger partial charge in [-0.25, -0.2) is 9.78 Å². The predicted molar refractivity (Wildman–Crippen MR) is 54.4 cm³/mol. The van der Waals surface area contributed by atoms with Crippen LogP contribution in [0.2, 0.25) is 0 Å². The third kappa shape index (κ3) is 4.44. The van der Waals surface area contributed by atoms with Crippen molar-refractivity contribution in [3.05, 3.63) is 12.7 Å². The van der Waals surface area contributed by atoms with E-state index >= 15 is 0 Å². The molecular weight excluding hydrogens is 196 g/mol. The Morgan fingerprint density at radius 3 is 2.80 bits per heavy atom. The molecule has 0 aromatic carbocycles. The molecule has 0 spiro atoms. The van der Waals surface area contributed by atoms with Gasteiger partial charge < -0.3 is 10.4 Å². The Morgan fingerprint density at radius 1 is 1.60 bits per heavy atom. The molecule has 1 atom stereocenters. The van der Waals surface area contributed by atoms with Crippen molar-refractivity contribution in [3.8, 4) is 0 Å². The number of nitrogens with one attached hydrogen (secondary N) is 1. The lowest BCUT2D eigenvalue weighted by molar-refractivity contribution is 0.185. The lowest BCUT2D eigenvalue weighted by Gasteiger charge is -2.18. The molecule has 1 rings (SSSR count). The van der Waals surface area contributed by atoms with Gasteiger partial charge in [0.1, 0.15) is 12.7 Å². The molecule has 0 bridgehead atoms. The van der Waals surface area contributed by atoms with Crippen molar-refractivity contribution in [2.45, 2.75) is 32.9 Å². The van der Waals surface area contributed by atoms with Crippen LogP contribution in [-0.4, -0.2) is 32.0 Å². The van der Waals surface area contributed by atoms with Gasteiger partial charge in [-0.1, -0.05) is 13.8 Å². The highest BCUT2D eigenvalue weighted by Crippen LogP contribution is 2.06. The van der Waals surface area contributed by atoms with Crippen LogP contribution in [0.25, 0.3) is 0 Å². The Labute approximate surface area is 88.3 Å². The van der Waals surface area contributed by atoms with Crippen LogP contribution in [0, 0.1) is 5.92 Å². The highest BCUT2D eigenvalue weighted by atomic mass is 16.4. The Hall–Kier alpha value is -1.59. The van der Waals surface area contributed by atoms with Gasteiger partial charge in [0.05, 0.1) is 12.6 Å². The molecule has 0 aliphatic heterocycles. The van der Waals surface area contributed by atoms with E-state index in [0.717, 1.165) is 6.42 Å². The van der Waals surface area contributed by atoms with Crippen molar-refractivity contribution in [1.82, 2.24) is 20.1 Å². The van der Waals surface area contributed by atoms with E-state index in [1.54, 1.807) is 11.0 Å². The molecule has 84 valence electrons. The second kappa shape index (κ2) is 5.33. The van der Waals surface area contributed by atoms with Crippen LogP contribution in [0.3, 0.4) is 0 Å². The predicted octanol–water partition coefficient (Wildman–Crippen LogP) is 0.960. The molecule has 1 aromatic heterocycles. The molecule has 15 heavy (non-hydrogen) atoms. The summed E-state index contributed by atoms with van der Waals surface area (Å²) in [5, 5.41) is 15.1. The van der Waals surface area contributed by atoms with Gasteiger partial charge in [-0.3, -0.25) is 4.68 Å². The van der Waals surface area contributed by atoms with Gasteiger partial charge in [0, 0.05) is 0 Å². The summed E-state index contributed by atoms with van der Waals surface area (Å²) in [4.78, 5) is 14.4. The van der Waals surface area contributed by atoms with E-state index in [2.05, 4.69) is 29.2 Å². The van der Waals surface area contributed by atoms with Crippen molar-refractivity contribution in [3.63, 3.8) is 0 Å². The van der Waals surface area contributed by atoms with Crippen LogP contribution in [0.1, 0.15) is 20.3 Å². The molecular formula is C9H16N4O2. The van der Waals surface area contributed by atoms with Crippen LogP contribution in [0.4, 0.5) is 4.79 Å². The summed E-state index contributed by atoms with van der Waals surface area (Å²) in [7, 11) is 0. The number of nitrogens with zero attached hydrogens (tertiary/aromatic N) is 3. The van der Waals surface area contributed by atoms with E-state index in [-0.39, 0.29) is 6.04 Å². The molecule has 6 nitrogen and oxygen atoms in total. The Morgan fingerprint density at radius 2 is 2.33 bits per heavy atom. The fourth-order valence-corrected chi connectivity index (χ4v) is 1.48. The summed E-state index contributed by atoms with van der Waals surface area (Å²) in [6.45, 7) is 4.63. The largest absolute Gasteiger partial charge is 0.465 e. The first-order chi connectivity index (χ1) is 7.08. The molecule has 0 aliphatic carbocycles. The van der Waals surface area contributed by atoms with Gasteiger partial charge in [-0.15, -0.1) is 0 Å². The molecule has 0 saturated heterocycles. The molecule has 2 N–H and O–H groups in total. The molecule has 6 heteroatoms. The first kappa shape index (κ1) is 11.5. The highest BCUT2D eigenvalue weighted by molar-refractivity contribution is 5.64. The third-order valence-electron chi connectivity index (χ3n) is 1.96. The van der Waals surface area contributed by atoms with Crippen LogP contribution in [0.5, 0.6) is 0 Å². The van der Waals surface area contributed by atoms with Crippen LogP contribution in [0.15, 0.2) is 12.7 Å². The molecule has 1 aromatic rings. The summed E-state index contributed by atoms with van der Waals surface area (Å²) in [5.74, 6) is 0.436. The van der Waals surface area contributed by atoms with E-state index in [4.69, 9.17) is 5.11 Å². The number of carbonyl (C=O) groups is 1. The Bertz CT molecular complexity index is 297. The molecule has 0 unspecified atom stereocenters. The van der Waals surface area contributed by atoms with Gasteiger partial charge in [-0.2, -0.15) is 5.10 Å². The van der Waals surface area contributed by atoms with Gasteiger partial charge in [-0.05, 0) is 12.3 Å². The molecule has 0 aliphatic rings. The van der Waals surface area contributed by atoms with Crippen molar-refractivity contribution in [1.29, 1.82) is 0 Å². The Balaban J connectivity index is 2.52. The fraction of sp³-hybridized carbons (Fsp3) is 0.667. The highest BCUT2D eigenvalue weighted by Gasteiger charge is 2.14. The van der Waals surface area contributed by atoms with Crippen molar-refractivity contribution >= 4 is 6.09 Å². The molecule has 0 radical (unpaired) electrons. The minimum Gasteiger partial charge on any atom is -0.465 e. The summed E-state index contributed by atoms with van der Waals surface area (Å²) in [6.07, 6.45) is 2.80. The maximum absolute atomic E-state index is 10.6. The number of hydrogen-bond acceptors (Lipinski definition) is 3. The van der Waals surface area contributed by atoms with Gasteiger partial charge in [0.2, 0.25) is 0 Å². The first-order valence-corrected chi connectivity index (χ1v) is 4.89. The molecule has 1 heterocycles. The zero-order valence-electron chi connectivity index (χ0n) is 8.92. The van der Waals surface area contributed by atoms with E-state index < -0.39 is 6.09 Å². The van der Waals surface area contributed by atoms with E-state index in [9.17, 15) is 4.79 Å². The third-order valence-corrected chi connectivity index (χ3v) is 1.96. The first-order valence-electron chi connectivity index (χ1n) is 4.89. The minimum absolute atomic E-state index is 0.121. The topological polar surface area (TPSA) is 80.0 Å². The standard InChI is InChI=1S/C9H16N4O2/c1-7(2)3-8(12-9(14)15)4-13-6-10-5-11-13/h5-8,12H,3-4H2,1-2H3,(H,14,15)/t8-/m0/s1. The Kier molecular flexibility index (Phi) is 4.08. The average Bonchev–Trinajstić information content (AvgIpc) is 2.53. The van der Waals surface area contributed by atoms with Crippen molar-refractivity contribution < 1.29 is 9.90 Å². The number of hydrogen-bond donors (Lipinski definition) is 2. The number of aromatic nitrogens is 3. The normalized spacial score (nSPS) is 12.7. The van der Waals surface area contributed by atoms with Gasteiger partial charge in [0.15, 0.2) is 0 Å². The molecule has 0 saturated carbocycles. The van der Waals surface area contributed by atoms with Crippen molar-refractivity contribution in [2.24, 2.45) is 5.92 Å². The number of rotatable bonds is 5. The van der Waals surface area contributed by atoms with Crippen LogP contribution < -0.4 is 5.32 Å². The zero-order chi connectivity index (χ0) is 11.3. The summed E-state index contributed by atoms with van der Waals surface area (Å²) in [6, 6.07) is -0.121. The lowest BCUT2D eigenvalue weighted by Crippen LogP contribution is -2.38. The molecule has 0 fully saturated rings. The second-order valence-electron chi connectivity index (χ2n) is 3.89. The van der Waals surface area contributed by atoms with Crippen LogP contribution >= 0.6 is 0 Å². The average molecular weight is 212 g/mol. The molecule has 1 amide bonds. The smallest absolute Gasteiger partial charge is 0.404 e. The van der Waals surface area contributed by atoms with Gasteiger partial charge >= 0.3 is 6.09 Å². The summed E-state index contributed by atoms with van der Waals surface area (Å²) in [5.41, 5.74) is 0. The van der Waals surface area contributed by atoms with Crippen molar-refractivity contribution in [2.75, 3.05) is 0 Å². The number of amides is 1.